The average molecular weight is 319 g/mol. The number of aromatic nitrogens is 1. The van der Waals surface area contributed by atoms with Crippen LogP contribution in [0, 0.1) is 0 Å². The van der Waals surface area contributed by atoms with Crippen LogP contribution in [0.5, 0.6) is 0 Å². The topological polar surface area (TPSA) is 59.1 Å². The highest BCUT2D eigenvalue weighted by atomic mass is 79.9. The first-order chi connectivity index (χ1) is 9.07. The molecule has 1 heterocycles. The van der Waals surface area contributed by atoms with Crippen LogP contribution in [0.1, 0.15) is 23.1 Å². The fourth-order valence-electron chi connectivity index (χ4n) is 2.82. The van der Waals surface area contributed by atoms with Gasteiger partial charge in [-0.1, -0.05) is 6.07 Å². The molecule has 1 aliphatic rings. The molecule has 1 aliphatic carbocycles. The van der Waals surface area contributed by atoms with Crippen LogP contribution in [-0.2, 0) is 18.4 Å². The summed E-state index contributed by atoms with van der Waals surface area (Å²) in [4.78, 5) is 4.15. The summed E-state index contributed by atoms with van der Waals surface area (Å²) in [5.74, 6) is 0. The number of anilines is 1. The van der Waals surface area contributed by atoms with Gasteiger partial charge in [-0.3, -0.25) is 4.98 Å². The van der Waals surface area contributed by atoms with Gasteiger partial charge in [0.15, 0.2) is 0 Å². The molecule has 1 aromatic heterocycles. The highest BCUT2D eigenvalue weighted by Gasteiger charge is 2.36. The lowest BCUT2D eigenvalue weighted by atomic mass is 9.89. The number of benzene rings is 1. The quantitative estimate of drug-likeness (QED) is 0.837. The minimum absolute atomic E-state index is 0.580. The number of pyridine rings is 1. The Hall–Kier alpha value is -1.39. The van der Waals surface area contributed by atoms with E-state index in [1.807, 2.05) is 24.3 Å². The van der Waals surface area contributed by atoms with Crippen molar-refractivity contribution in [3.63, 3.8) is 0 Å². The molecule has 98 valence electrons. The van der Waals surface area contributed by atoms with E-state index in [1.54, 1.807) is 12.4 Å². The Morgan fingerprint density at radius 2 is 2.16 bits per heavy atom. The molecule has 4 heteroatoms. The second kappa shape index (κ2) is 4.62. The third-order valence-electron chi connectivity index (χ3n) is 3.70. The predicted molar refractivity (Wildman–Crippen MR) is 78.7 cm³/mol. The van der Waals surface area contributed by atoms with E-state index in [0.29, 0.717) is 6.42 Å². The molecule has 19 heavy (non-hydrogen) atoms. The van der Waals surface area contributed by atoms with Gasteiger partial charge in [0.25, 0.3) is 0 Å². The Balaban J connectivity index is 1.94. The minimum Gasteiger partial charge on any atom is -0.399 e. The molecule has 3 rings (SSSR count). The Morgan fingerprint density at radius 3 is 2.95 bits per heavy atom. The van der Waals surface area contributed by atoms with E-state index in [4.69, 9.17) is 5.73 Å². The summed E-state index contributed by atoms with van der Waals surface area (Å²) in [6, 6.07) is 7.77. The maximum absolute atomic E-state index is 10.9. The SMILES string of the molecule is Nc1ccc2c(c1)CCC2(O)Cc1cncc(Br)c1. The van der Waals surface area contributed by atoms with Crippen molar-refractivity contribution in [3.05, 3.63) is 57.8 Å². The van der Waals surface area contributed by atoms with E-state index in [-0.39, 0.29) is 0 Å². The van der Waals surface area contributed by atoms with Crippen LogP contribution in [0.4, 0.5) is 5.69 Å². The molecule has 1 unspecified atom stereocenters. The van der Waals surface area contributed by atoms with Gasteiger partial charge in [0.2, 0.25) is 0 Å². The molecule has 0 spiro atoms. The summed E-state index contributed by atoms with van der Waals surface area (Å²) in [6.07, 6.45) is 5.74. The number of fused-ring (bicyclic) bond motifs is 1. The van der Waals surface area contributed by atoms with Crippen molar-refractivity contribution in [1.29, 1.82) is 0 Å². The maximum Gasteiger partial charge on any atom is 0.0943 e. The van der Waals surface area contributed by atoms with Gasteiger partial charge in [-0.2, -0.15) is 0 Å². The molecule has 0 aliphatic heterocycles. The lowest BCUT2D eigenvalue weighted by Gasteiger charge is -2.24. The van der Waals surface area contributed by atoms with Gasteiger partial charge in [0.1, 0.15) is 0 Å². The van der Waals surface area contributed by atoms with Crippen LogP contribution in [0.3, 0.4) is 0 Å². The zero-order chi connectivity index (χ0) is 13.5. The lowest BCUT2D eigenvalue weighted by molar-refractivity contribution is 0.0389. The third-order valence-corrected chi connectivity index (χ3v) is 4.13. The molecule has 0 amide bonds. The molecule has 0 saturated heterocycles. The van der Waals surface area contributed by atoms with Gasteiger partial charge in [-0.15, -0.1) is 0 Å². The Bertz CT molecular complexity index is 629. The van der Waals surface area contributed by atoms with Crippen LogP contribution in [0.15, 0.2) is 41.1 Å². The zero-order valence-electron chi connectivity index (χ0n) is 10.4. The number of aryl methyl sites for hydroxylation is 1. The number of nitrogen functional groups attached to an aromatic ring is 1. The smallest absolute Gasteiger partial charge is 0.0943 e. The van der Waals surface area contributed by atoms with E-state index in [1.165, 1.54) is 0 Å². The number of nitrogens with zero attached hydrogens (tertiary/aromatic N) is 1. The number of hydrogen-bond acceptors (Lipinski definition) is 3. The third kappa shape index (κ3) is 2.38. The van der Waals surface area contributed by atoms with Crippen molar-refractivity contribution < 1.29 is 5.11 Å². The standard InChI is InChI=1S/C15H15BrN2O/c16-12-5-10(8-18-9-12)7-15(19)4-3-11-6-13(17)1-2-14(11)15/h1-2,5-6,8-9,19H,3-4,7,17H2. The van der Waals surface area contributed by atoms with E-state index in [2.05, 4.69) is 20.9 Å². The van der Waals surface area contributed by atoms with Gasteiger partial charge in [0, 0.05) is 29.0 Å². The molecule has 3 nitrogen and oxygen atoms in total. The number of nitrogens with two attached hydrogens (primary N) is 1. The number of hydrogen-bond donors (Lipinski definition) is 2. The maximum atomic E-state index is 10.9. The van der Waals surface area contributed by atoms with E-state index in [0.717, 1.165) is 39.7 Å². The van der Waals surface area contributed by atoms with Gasteiger partial charge >= 0.3 is 0 Å². The van der Waals surface area contributed by atoms with E-state index >= 15 is 0 Å². The van der Waals surface area contributed by atoms with Gasteiger partial charge in [-0.05, 0) is 63.7 Å². The second-order valence-corrected chi connectivity index (χ2v) is 6.05. The number of rotatable bonds is 2. The molecule has 1 atom stereocenters. The second-order valence-electron chi connectivity index (χ2n) is 5.14. The molecule has 1 aromatic carbocycles. The van der Waals surface area contributed by atoms with Crippen molar-refractivity contribution in [1.82, 2.24) is 4.98 Å². The Labute approximate surface area is 120 Å². The first kappa shape index (κ1) is 12.6. The van der Waals surface area contributed by atoms with Crippen LogP contribution in [-0.4, -0.2) is 10.1 Å². The molecular weight excluding hydrogens is 304 g/mol. The molecule has 0 radical (unpaired) electrons. The summed E-state index contributed by atoms with van der Waals surface area (Å²) in [7, 11) is 0. The average Bonchev–Trinajstić information content (AvgIpc) is 2.66. The molecule has 2 aromatic rings. The molecule has 0 fully saturated rings. The first-order valence-electron chi connectivity index (χ1n) is 6.27. The van der Waals surface area contributed by atoms with Crippen molar-refractivity contribution in [2.75, 3.05) is 5.73 Å². The zero-order valence-corrected chi connectivity index (χ0v) is 12.0. The molecule has 0 saturated carbocycles. The largest absolute Gasteiger partial charge is 0.399 e. The van der Waals surface area contributed by atoms with Gasteiger partial charge in [0.05, 0.1) is 5.60 Å². The molecule has 3 N–H and O–H groups in total. The summed E-state index contributed by atoms with van der Waals surface area (Å²) in [5.41, 5.74) is 8.94. The lowest BCUT2D eigenvalue weighted by Crippen LogP contribution is -2.25. The predicted octanol–water partition coefficient (Wildman–Crippen LogP) is 2.80. The summed E-state index contributed by atoms with van der Waals surface area (Å²) in [6.45, 7) is 0. The Kier molecular flexibility index (Phi) is 3.07. The van der Waals surface area contributed by atoms with Gasteiger partial charge < -0.3 is 10.8 Å². The summed E-state index contributed by atoms with van der Waals surface area (Å²) in [5, 5.41) is 10.9. The number of halogens is 1. The minimum atomic E-state index is -0.800. The first-order valence-corrected chi connectivity index (χ1v) is 7.07. The van der Waals surface area contributed by atoms with Crippen molar-refractivity contribution in [2.45, 2.75) is 24.9 Å². The summed E-state index contributed by atoms with van der Waals surface area (Å²) < 4.78 is 0.934. The van der Waals surface area contributed by atoms with Crippen LogP contribution >= 0.6 is 15.9 Å². The van der Waals surface area contributed by atoms with Crippen LogP contribution in [0.25, 0.3) is 0 Å². The van der Waals surface area contributed by atoms with Crippen LogP contribution < -0.4 is 5.73 Å². The molecular formula is C15H15BrN2O. The van der Waals surface area contributed by atoms with E-state index < -0.39 is 5.60 Å². The van der Waals surface area contributed by atoms with Crippen molar-refractivity contribution in [3.8, 4) is 0 Å². The highest BCUT2D eigenvalue weighted by Crippen LogP contribution is 2.40. The Morgan fingerprint density at radius 1 is 1.32 bits per heavy atom. The number of aliphatic hydroxyl groups is 1. The normalized spacial score (nSPS) is 21.4. The summed E-state index contributed by atoms with van der Waals surface area (Å²) >= 11 is 3.41. The molecule has 0 bridgehead atoms. The highest BCUT2D eigenvalue weighted by molar-refractivity contribution is 9.10. The fraction of sp³-hybridized carbons (Fsp3) is 0.267. The van der Waals surface area contributed by atoms with Crippen LogP contribution in [0.2, 0.25) is 0 Å². The van der Waals surface area contributed by atoms with Crippen molar-refractivity contribution >= 4 is 21.6 Å². The van der Waals surface area contributed by atoms with E-state index in [9.17, 15) is 5.11 Å². The monoisotopic (exact) mass is 318 g/mol. The van der Waals surface area contributed by atoms with Crippen molar-refractivity contribution in [2.24, 2.45) is 0 Å². The van der Waals surface area contributed by atoms with Gasteiger partial charge in [-0.25, -0.2) is 0 Å². The fourth-order valence-corrected chi connectivity index (χ4v) is 3.24.